The van der Waals surface area contributed by atoms with Crippen molar-refractivity contribution in [2.45, 2.75) is 38.1 Å². The summed E-state index contributed by atoms with van der Waals surface area (Å²) >= 11 is 0.911. The molecule has 21 heteroatoms. The summed E-state index contributed by atoms with van der Waals surface area (Å²) in [6, 6.07) is 2.05. The van der Waals surface area contributed by atoms with Crippen LogP contribution >= 0.6 is 11.3 Å². The SMILES string of the molecule is CC(C)(O/N=C(\C(=O)N[C@H]1C(=O)N(S(=O)(=O)O)[C@H]1COC(N)=O)c1csc(N)n1)C(=O)OCc1ccc([N+](=O)[O-])cc1. The van der Waals surface area contributed by atoms with Crippen molar-refractivity contribution < 1.29 is 51.4 Å². The standard InChI is InChI=1S/C21H23N7O12S2/c1-21(2,18(31)38-7-10-3-5-11(6-4-10)28(33)34)40-26-14(12-9-41-19(22)24-12)16(29)25-15-13(8-39-20(23)32)27(17(15)30)42(35,36)37/h3-6,9,13,15H,7-8H2,1-2H3,(H2,22,24)(H2,23,32)(H,25,29)(H,35,36,37)/b26-14-/t13-,15+/m0/s1. The number of oxime groups is 1. The third-order valence-corrected chi connectivity index (χ3v) is 7.08. The van der Waals surface area contributed by atoms with E-state index in [-0.39, 0.29) is 27.4 Å². The molecule has 0 bridgehead atoms. The van der Waals surface area contributed by atoms with Crippen molar-refractivity contribution in [3.63, 3.8) is 0 Å². The minimum absolute atomic E-state index is 0.0114. The lowest BCUT2D eigenvalue weighted by Crippen LogP contribution is -2.73. The number of nitrogens with one attached hydrogen (secondary N) is 1. The number of rotatable bonds is 12. The van der Waals surface area contributed by atoms with E-state index in [0.29, 0.717) is 5.56 Å². The highest BCUT2D eigenvalue weighted by Gasteiger charge is 2.55. The lowest BCUT2D eigenvalue weighted by molar-refractivity contribution is -0.384. The Balaban J connectivity index is 1.77. The largest absolute Gasteiger partial charge is 0.458 e. The Morgan fingerprint density at radius 3 is 2.43 bits per heavy atom. The first-order valence-electron chi connectivity index (χ1n) is 11.4. The Labute approximate surface area is 240 Å². The van der Waals surface area contributed by atoms with Gasteiger partial charge in [0.05, 0.1) is 4.92 Å². The normalized spacial score (nSPS) is 17.2. The van der Waals surface area contributed by atoms with Crippen LogP contribution in [0, 0.1) is 10.1 Å². The van der Waals surface area contributed by atoms with E-state index < -0.39 is 69.1 Å². The summed E-state index contributed by atoms with van der Waals surface area (Å²) in [5, 5.41) is 18.0. The summed E-state index contributed by atoms with van der Waals surface area (Å²) in [5.41, 5.74) is 8.25. The molecule has 1 saturated heterocycles. The number of β-lactam (4-membered cyclic amide) rings is 1. The first kappa shape index (κ1) is 31.6. The van der Waals surface area contributed by atoms with E-state index in [9.17, 15) is 42.3 Å². The van der Waals surface area contributed by atoms with Gasteiger partial charge in [0.15, 0.2) is 10.8 Å². The lowest BCUT2D eigenvalue weighted by Gasteiger charge is -2.43. The van der Waals surface area contributed by atoms with Crippen molar-refractivity contribution in [1.82, 2.24) is 14.6 Å². The van der Waals surface area contributed by atoms with E-state index in [2.05, 4.69) is 20.2 Å². The van der Waals surface area contributed by atoms with Crippen molar-refractivity contribution in [3.05, 3.63) is 51.0 Å². The molecule has 1 aromatic carbocycles. The maximum atomic E-state index is 13.1. The molecule has 0 spiro atoms. The number of esters is 1. The second-order valence-corrected chi connectivity index (χ2v) is 11.1. The minimum Gasteiger partial charge on any atom is -0.458 e. The van der Waals surface area contributed by atoms with Gasteiger partial charge in [-0.3, -0.25) is 24.3 Å². The number of non-ortho nitro benzene ring substituents is 1. The fourth-order valence-corrected chi connectivity index (χ4v) is 4.75. The number of carbonyl (C=O) groups excluding carboxylic acids is 4. The molecule has 2 heterocycles. The molecule has 2 aromatic rings. The Hall–Kier alpha value is -4.89. The number of carbonyl (C=O) groups is 4. The molecule has 0 radical (unpaired) electrons. The molecule has 0 saturated carbocycles. The molecule has 3 rings (SSSR count). The van der Waals surface area contributed by atoms with Crippen LogP contribution in [0.25, 0.3) is 0 Å². The van der Waals surface area contributed by atoms with Gasteiger partial charge in [0.1, 0.15) is 31.0 Å². The lowest BCUT2D eigenvalue weighted by atomic mass is 9.99. The van der Waals surface area contributed by atoms with Crippen LogP contribution in [0.15, 0.2) is 34.8 Å². The Morgan fingerprint density at radius 1 is 1.26 bits per heavy atom. The number of benzene rings is 1. The smallest absolute Gasteiger partial charge is 0.404 e. The topological polar surface area (TPSA) is 286 Å². The van der Waals surface area contributed by atoms with Gasteiger partial charge in [-0.15, -0.1) is 11.3 Å². The number of primary amides is 1. The van der Waals surface area contributed by atoms with Gasteiger partial charge in [0.25, 0.3) is 17.5 Å². The Bertz CT molecular complexity index is 1540. The molecule has 1 fully saturated rings. The highest BCUT2D eigenvalue weighted by molar-refractivity contribution is 7.84. The van der Waals surface area contributed by atoms with Gasteiger partial charge in [-0.25, -0.2) is 18.9 Å². The maximum absolute atomic E-state index is 13.1. The first-order valence-corrected chi connectivity index (χ1v) is 13.7. The highest BCUT2D eigenvalue weighted by Crippen LogP contribution is 2.25. The highest BCUT2D eigenvalue weighted by atomic mass is 32.2. The number of nitrogen functional groups attached to an aromatic ring is 1. The van der Waals surface area contributed by atoms with Crippen LogP contribution in [-0.2, 0) is 45.6 Å². The summed E-state index contributed by atoms with van der Waals surface area (Å²) in [4.78, 5) is 68.6. The quantitative estimate of drug-likeness (QED) is 0.0573. The number of hydrogen-bond donors (Lipinski definition) is 4. The summed E-state index contributed by atoms with van der Waals surface area (Å²) in [7, 11) is -5.08. The van der Waals surface area contributed by atoms with Gasteiger partial charge in [0.2, 0.25) is 5.60 Å². The van der Waals surface area contributed by atoms with Gasteiger partial charge >= 0.3 is 22.4 Å². The fraction of sp³-hybridized carbons (Fsp3) is 0.333. The number of hydrogen-bond acceptors (Lipinski definition) is 15. The summed E-state index contributed by atoms with van der Waals surface area (Å²) in [5.74, 6) is -3.35. The van der Waals surface area contributed by atoms with Gasteiger partial charge < -0.3 is 31.1 Å². The van der Waals surface area contributed by atoms with Crippen LogP contribution in [0.5, 0.6) is 0 Å². The zero-order chi connectivity index (χ0) is 31.4. The summed E-state index contributed by atoms with van der Waals surface area (Å²) < 4.78 is 42.2. The average molecular weight is 630 g/mol. The van der Waals surface area contributed by atoms with Crippen molar-refractivity contribution in [3.8, 4) is 0 Å². The zero-order valence-electron chi connectivity index (χ0n) is 21.7. The number of ether oxygens (including phenoxy) is 2. The predicted octanol–water partition coefficient (Wildman–Crippen LogP) is -0.530. The van der Waals surface area contributed by atoms with Crippen molar-refractivity contribution >= 4 is 62.0 Å². The van der Waals surface area contributed by atoms with E-state index in [1.54, 1.807) is 0 Å². The van der Waals surface area contributed by atoms with Crippen molar-refractivity contribution in [2.24, 2.45) is 10.9 Å². The van der Waals surface area contributed by atoms with E-state index in [0.717, 1.165) is 11.3 Å². The second-order valence-electron chi connectivity index (χ2n) is 8.87. The number of amides is 3. The van der Waals surface area contributed by atoms with Crippen LogP contribution in [0.4, 0.5) is 15.6 Å². The molecule has 226 valence electrons. The Morgan fingerprint density at radius 2 is 1.90 bits per heavy atom. The fourth-order valence-electron chi connectivity index (χ4n) is 3.34. The van der Waals surface area contributed by atoms with E-state index in [1.165, 1.54) is 43.5 Å². The molecule has 1 aliphatic heterocycles. The molecule has 1 aliphatic rings. The summed E-state index contributed by atoms with van der Waals surface area (Å²) in [6.07, 6.45) is -1.31. The molecule has 1 aromatic heterocycles. The number of nitro groups is 1. The molecule has 42 heavy (non-hydrogen) atoms. The second kappa shape index (κ2) is 12.3. The van der Waals surface area contributed by atoms with Crippen LogP contribution in [0.2, 0.25) is 0 Å². The van der Waals surface area contributed by atoms with Crippen molar-refractivity contribution in [2.75, 3.05) is 12.3 Å². The molecular weight excluding hydrogens is 606 g/mol. The Kier molecular flexibility index (Phi) is 9.28. The van der Waals surface area contributed by atoms with E-state index in [4.69, 9.17) is 21.0 Å². The van der Waals surface area contributed by atoms with E-state index >= 15 is 0 Å². The van der Waals surface area contributed by atoms with Crippen LogP contribution in [-0.4, -0.2) is 81.1 Å². The number of thiazole rings is 1. The third-order valence-electron chi connectivity index (χ3n) is 5.45. The molecule has 6 N–H and O–H groups in total. The molecule has 2 atom stereocenters. The molecule has 19 nitrogen and oxygen atoms in total. The van der Waals surface area contributed by atoms with Crippen LogP contribution in [0.3, 0.4) is 0 Å². The number of anilines is 1. The molecular formula is C21H23N7O12S2. The molecule has 3 amide bonds. The average Bonchev–Trinajstić information content (AvgIpc) is 3.32. The minimum atomic E-state index is -5.08. The number of nitro benzene ring substituents is 1. The van der Waals surface area contributed by atoms with Gasteiger partial charge in [-0.2, -0.15) is 8.42 Å². The van der Waals surface area contributed by atoms with Gasteiger partial charge in [-0.05, 0) is 31.5 Å². The third kappa shape index (κ3) is 7.44. The number of nitrogens with two attached hydrogens (primary N) is 2. The van der Waals surface area contributed by atoms with Crippen LogP contribution in [0.1, 0.15) is 25.1 Å². The van der Waals surface area contributed by atoms with Crippen LogP contribution < -0.4 is 16.8 Å². The number of aromatic nitrogens is 1. The molecule has 0 unspecified atom stereocenters. The van der Waals surface area contributed by atoms with Crippen molar-refractivity contribution in [1.29, 1.82) is 0 Å². The van der Waals surface area contributed by atoms with Gasteiger partial charge in [0, 0.05) is 17.5 Å². The first-order chi connectivity index (χ1) is 19.5. The zero-order valence-corrected chi connectivity index (χ0v) is 23.3. The predicted molar refractivity (Wildman–Crippen MR) is 141 cm³/mol. The molecule has 0 aliphatic carbocycles. The van der Waals surface area contributed by atoms with E-state index in [1.807, 2.05) is 0 Å². The summed E-state index contributed by atoms with van der Waals surface area (Å²) in [6.45, 7) is 1.45. The van der Waals surface area contributed by atoms with Gasteiger partial charge in [-0.1, -0.05) is 5.16 Å². The maximum Gasteiger partial charge on any atom is 0.404 e. The monoisotopic (exact) mass is 629 g/mol. The number of nitrogens with zero attached hydrogens (tertiary/aromatic N) is 4.